The fourth-order valence-corrected chi connectivity index (χ4v) is 2.17. The number of aromatic hydroxyl groups is 1. The summed E-state index contributed by atoms with van der Waals surface area (Å²) in [7, 11) is 1.41. The van der Waals surface area contributed by atoms with Gasteiger partial charge in [0.05, 0.1) is 12.0 Å². The highest BCUT2D eigenvalue weighted by molar-refractivity contribution is 6.30. The topological polar surface area (TPSA) is 97.3 Å². The molecule has 2 aromatic rings. The Morgan fingerprint density at radius 3 is 2.67 bits per heavy atom. The number of phenols is 1. The molecule has 2 aromatic carbocycles. The zero-order valence-corrected chi connectivity index (χ0v) is 13.5. The molecule has 0 fully saturated rings. The van der Waals surface area contributed by atoms with E-state index in [0.717, 1.165) is 5.56 Å². The quantitative estimate of drug-likeness (QED) is 0.340. The van der Waals surface area contributed by atoms with Gasteiger partial charge in [0.25, 0.3) is 5.69 Å². The van der Waals surface area contributed by atoms with Gasteiger partial charge in [0, 0.05) is 11.1 Å². The number of hydrogen-bond donors (Lipinski definition) is 1. The molecule has 0 bridgehead atoms. The van der Waals surface area contributed by atoms with Crippen LogP contribution >= 0.6 is 11.6 Å². The number of nitro benzene ring substituents is 1. The molecule has 0 aliphatic rings. The van der Waals surface area contributed by atoms with Crippen LogP contribution < -0.4 is 4.74 Å². The average molecular weight is 348 g/mol. The normalized spacial score (nSPS) is 10.8. The number of phenolic OH excluding ortho intramolecular Hbond substituents is 1. The summed E-state index contributed by atoms with van der Waals surface area (Å²) < 4.78 is 5.09. The van der Waals surface area contributed by atoms with Gasteiger partial charge in [-0.15, -0.1) is 16.8 Å². The first-order chi connectivity index (χ1) is 11.5. The number of hydrogen-bond acceptors (Lipinski definition) is 6. The maximum atomic E-state index is 11.1. The fraction of sp³-hybridized carbons (Fsp3) is 0.125. The van der Waals surface area contributed by atoms with Crippen LogP contribution in [0.4, 0.5) is 17.1 Å². The van der Waals surface area contributed by atoms with Crippen LogP contribution in [0.2, 0.25) is 5.02 Å². The van der Waals surface area contributed by atoms with Gasteiger partial charge in [0.15, 0.2) is 17.2 Å². The van der Waals surface area contributed by atoms with Crippen molar-refractivity contribution in [2.45, 2.75) is 6.42 Å². The van der Waals surface area contributed by atoms with Gasteiger partial charge in [-0.05, 0) is 36.2 Å². The molecular formula is C16H14ClN3O4. The molecule has 0 aliphatic heterocycles. The van der Waals surface area contributed by atoms with Gasteiger partial charge < -0.3 is 9.84 Å². The van der Waals surface area contributed by atoms with Gasteiger partial charge in [0.2, 0.25) is 0 Å². The van der Waals surface area contributed by atoms with Crippen molar-refractivity contribution in [3.8, 4) is 11.5 Å². The number of rotatable bonds is 6. The minimum absolute atomic E-state index is 0.0249. The molecule has 0 atom stereocenters. The predicted molar refractivity (Wildman–Crippen MR) is 90.8 cm³/mol. The molecule has 0 saturated heterocycles. The summed E-state index contributed by atoms with van der Waals surface area (Å²) in [5, 5.41) is 29.2. The molecule has 0 aromatic heterocycles. The Balaban J connectivity index is 2.47. The first-order valence-electron chi connectivity index (χ1n) is 6.82. The molecular weight excluding hydrogens is 334 g/mol. The van der Waals surface area contributed by atoms with Crippen molar-refractivity contribution in [1.29, 1.82) is 0 Å². The fourth-order valence-electron chi connectivity index (χ4n) is 2.00. The highest BCUT2D eigenvalue weighted by atomic mass is 35.5. The van der Waals surface area contributed by atoms with Crippen molar-refractivity contribution in [3.05, 3.63) is 63.7 Å². The lowest BCUT2D eigenvalue weighted by atomic mass is 10.1. The minimum Gasteiger partial charge on any atom is -0.503 e. The van der Waals surface area contributed by atoms with Crippen LogP contribution in [0.25, 0.3) is 0 Å². The van der Waals surface area contributed by atoms with Gasteiger partial charge in [-0.1, -0.05) is 17.7 Å². The first kappa shape index (κ1) is 17.4. The number of nitrogens with zero attached hydrogens (tertiary/aromatic N) is 3. The Labute approximate surface area is 143 Å². The van der Waals surface area contributed by atoms with E-state index in [1.165, 1.54) is 25.3 Å². The number of nitro groups is 1. The first-order valence-corrected chi connectivity index (χ1v) is 7.20. The van der Waals surface area contributed by atoms with Crippen LogP contribution in [0.15, 0.2) is 53.2 Å². The molecule has 0 saturated carbocycles. The van der Waals surface area contributed by atoms with E-state index < -0.39 is 4.92 Å². The van der Waals surface area contributed by atoms with Crippen molar-refractivity contribution < 1.29 is 14.8 Å². The molecule has 124 valence electrons. The van der Waals surface area contributed by atoms with Gasteiger partial charge in [-0.3, -0.25) is 10.1 Å². The van der Waals surface area contributed by atoms with Crippen molar-refractivity contribution in [1.82, 2.24) is 0 Å². The summed E-state index contributed by atoms with van der Waals surface area (Å²) >= 11 is 5.76. The third kappa shape index (κ3) is 3.88. The zero-order chi connectivity index (χ0) is 17.7. The van der Waals surface area contributed by atoms with E-state index in [0.29, 0.717) is 6.42 Å². The molecule has 24 heavy (non-hydrogen) atoms. The lowest BCUT2D eigenvalue weighted by Gasteiger charge is -2.08. The van der Waals surface area contributed by atoms with Crippen LogP contribution in [0.3, 0.4) is 0 Å². The molecule has 7 nitrogen and oxygen atoms in total. The maximum Gasteiger partial charge on any atom is 0.298 e. The van der Waals surface area contributed by atoms with Crippen LogP contribution in [-0.2, 0) is 6.42 Å². The number of halogens is 1. The lowest BCUT2D eigenvalue weighted by Crippen LogP contribution is -1.89. The number of methoxy groups -OCH3 is 1. The van der Waals surface area contributed by atoms with E-state index in [2.05, 4.69) is 16.8 Å². The van der Waals surface area contributed by atoms with Crippen molar-refractivity contribution >= 4 is 28.7 Å². The Kier molecular flexibility index (Phi) is 5.49. The van der Waals surface area contributed by atoms with E-state index in [4.69, 9.17) is 16.3 Å². The highest BCUT2D eigenvalue weighted by Crippen LogP contribution is 2.39. The third-order valence-corrected chi connectivity index (χ3v) is 3.35. The monoisotopic (exact) mass is 347 g/mol. The summed E-state index contributed by atoms with van der Waals surface area (Å²) in [4.78, 5) is 10.5. The van der Waals surface area contributed by atoms with E-state index >= 15 is 0 Å². The molecule has 1 N–H and O–H groups in total. The highest BCUT2D eigenvalue weighted by Gasteiger charge is 2.15. The van der Waals surface area contributed by atoms with E-state index in [1.807, 2.05) is 0 Å². The lowest BCUT2D eigenvalue weighted by molar-refractivity contribution is -0.384. The van der Waals surface area contributed by atoms with E-state index in [9.17, 15) is 15.2 Å². The Bertz CT molecular complexity index is 821. The zero-order valence-electron chi connectivity index (χ0n) is 12.8. The molecule has 0 spiro atoms. The average Bonchev–Trinajstić information content (AvgIpc) is 2.55. The van der Waals surface area contributed by atoms with E-state index in [-0.39, 0.29) is 33.6 Å². The molecule has 0 aliphatic carbocycles. The van der Waals surface area contributed by atoms with Gasteiger partial charge in [0.1, 0.15) is 5.69 Å². The molecule has 0 amide bonds. The SMILES string of the molecule is C=CCc1cc(/N=N/c2ccc(Cl)cc2[N+](=O)[O-])c(O)c(OC)c1. The number of benzene rings is 2. The van der Waals surface area contributed by atoms with Crippen molar-refractivity contribution in [2.75, 3.05) is 7.11 Å². The number of ether oxygens (including phenoxy) is 1. The molecule has 2 rings (SSSR count). The van der Waals surface area contributed by atoms with Gasteiger partial charge >= 0.3 is 0 Å². The van der Waals surface area contributed by atoms with Crippen LogP contribution in [-0.4, -0.2) is 17.1 Å². The van der Waals surface area contributed by atoms with Gasteiger partial charge in [-0.25, -0.2) is 0 Å². The van der Waals surface area contributed by atoms with Crippen LogP contribution in [0, 0.1) is 10.1 Å². The second-order valence-electron chi connectivity index (χ2n) is 4.75. The number of azo groups is 1. The smallest absolute Gasteiger partial charge is 0.298 e. The summed E-state index contributed by atoms with van der Waals surface area (Å²) in [6.07, 6.45) is 2.23. The van der Waals surface area contributed by atoms with Crippen LogP contribution in [0.5, 0.6) is 11.5 Å². The molecule has 0 heterocycles. The minimum atomic E-state index is -0.602. The summed E-state index contributed by atoms with van der Waals surface area (Å²) in [6, 6.07) is 7.29. The van der Waals surface area contributed by atoms with E-state index in [1.54, 1.807) is 18.2 Å². The molecule has 8 heteroatoms. The third-order valence-electron chi connectivity index (χ3n) is 3.11. The standard InChI is InChI=1S/C16H14ClN3O4/c1-3-4-10-7-13(16(21)15(8-10)24-2)19-18-12-6-5-11(17)9-14(12)20(22)23/h3,5-9,21H,1,4H2,2H3/b19-18+. The summed E-state index contributed by atoms with van der Waals surface area (Å²) in [6.45, 7) is 3.65. The molecule has 0 unspecified atom stereocenters. The Morgan fingerprint density at radius 2 is 2.04 bits per heavy atom. The number of allylic oxidation sites excluding steroid dienone is 1. The Morgan fingerprint density at radius 1 is 1.33 bits per heavy atom. The summed E-state index contributed by atoms with van der Waals surface area (Å²) in [5.74, 6) is 0.0274. The summed E-state index contributed by atoms with van der Waals surface area (Å²) in [5.41, 5.74) is 0.687. The second-order valence-corrected chi connectivity index (χ2v) is 5.19. The molecule has 0 radical (unpaired) electrons. The maximum absolute atomic E-state index is 11.1. The largest absolute Gasteiger partial charge is 0.503 e. The second kappa shape index (κ2) is 7.56. The van der Waals surface area contributed by atoms with Gasteiger partial charge in [-0.2, -0.15) is 0 Å². The van der Waals surface area contributed by atoms with Crippen molar-refractivity contribution in [2.24, 2.45) is 10.2 Å². The van der Waals surface area contributed by atoms with Crippen LogP contribution in [0.1, 0.15) is 5.56 Å². The predicted octanol–water partition coefficient (Wildman–Crippen LogP) is 5.11. The van der Waals surface area contributed by atoms with Crippen molar-refractivity contribution in [3.63, 3.8) is 0 Å². The Hall–Kier alpha value is -2.93.